The summed E-state index contributed by atoms with van der Waals surface area (Å²) in [5.41, 5.74) is 4.52. The van der Waals surface area contributed by atoms with Crippen molar-refractivity contribution >= 4 is 11.5 Å². The molecule has 0 radical (unpaired) electrons. The number of hydrogen-bond donors (Lipinski definition) is 0. The molecule has 3 rings (SSSR count). The predicted octanol–water partition coefficient (Wildman–Crippen LogP) is 4.48. The van der Waals surface area contributed by atoms with Crippen molar-refractivity contribution < 1.29 is 4.79 Å². The van der Waals surface area contributed by atoms with Crippen molar-refractivity contribution in [2.75, 3.05) is 6.54 Å². The quantitative estimate of drug-likeness (QED) is 0.816. The number of piperidine rings is 1. The molecule has 1 amide bonds. The Morgan fingerprint density at radius 3 is 1.91 bits per heavy atom. The Balaban J connectivity index is 2.12. The Bertz CT molecular complexity index is 632. The number of carbonyl (C=O) groups is 1. The van der Waals surface area contributed by atoms with Crippen molar-refractivity contribution in [2.24, 2.45) is 0 Å². The third kappa shape index (κ3) is 2.96. The Labute approximate surface area is 132 Å². The summed E-state index contributed by atoms with van der Waals surface area (Å²) in [5, 5.41) is 0. The molecule has 1 aliphatic rings. The molecular weight excluding hydrogens is 270 g/mol. The van der Waals surface area contributed by atoms with Crippen LogP contribution in [0.1, 0.15) is 37.3 Å². The molecule has 2 nitrogen and oxygen atoms in total. The van der Waals surface area contributed by atoms with Crippen LogP contribution in [-0.4, -0.2) is 17.4 Å². The predicted molar refractivity (Wildman–Crippen MR) is 90.1 cm³/mol. The van der Waals surface area contributed by atoms with Crippen molar-refractivity contribution in [3.05, 3.63) is 77.5 Å². The second-order valence-electron chi connectivity index (χ2n) is 5.69. The van der Waals surface area contributed by atoms with Gasteiger partial charge in [-0.15, -0.1) is 0 Å². The molecule has 0 N–H and O–H groups in total. The number of rotatable bonds is 3. The fraction of sp³-hybridized carbons (Fsp3) is 0.250. The van der Waals surface area contributed by atoms with Gasteiger partial charge in [0, 0.05) is 24.2 Å². The molecule has 22 heavy (non-hydrogen) atoms. The van der Waals surface area contributed by atoms with Gasteiger partial charge < -0.3 is 4.90 Å². The molecule has 0 saturated carbocycles. The highest BCUT2D eigenvalue weighted by molar-refractivity contribution is 5.86. The van der Waals surface area contributed by atoms with Crippen LogP contribution < -0.4 is 0 Å². The molecule has 0 unspecified atom stereocenters. The maximum absolute atomic E-state index is 12.3. The Hall–Kier alpha value is -2.35. The van der Waals surface area contributed by atoms with Gasteiger partial charge in [0.25, 0.3) is 0 Å². The summed E-state index contributed by atoms with van der Waals surface area (Å²) in [6.07, 6.45) is 2.75. The van der Waals surface area contributed by atoms with Gasteiger partial charge in [-0.05, 0) is 30.9 Å². The highest BCUT2D eigenvalue weighted by Crippen LogP contribution is 2.30. The lowest BCUT2D eigenvalue weighted by atomic mass is 9.95. The second kappa shape index (κ2) is 6.61. The lowest BCUT2D eigenvalue weighted by Gasteiger charge is -2.29. The van der Waals surface area contributed by atoms with Crippen molar-refractivity contribution in [1.82, 2.24) is 4.90 Å². The molecule has 1 fully saturated rings. The summed E-state index contributed by atoms with van der Waals surface area (Å²) in [6, 6.07) is 20.7. The smallest absolute Gasteiger partial charge is 0.226 e. The summed E-state index contributed by atoms with van der Waals surface area (Å²) in [5.74, 6) is 0.244. The van der Waals surface area contributed by atoms with Gasteiger partial charge in [0.15, 0.2) is 0 Å². The number of allylic oxidation sites excluding steroid dienone is 1. The van der Waals surface area contributed by atoms with Gasteiger partial charge in [0.2, 0.25) is 5.91 Å². The van der Waals surface area contributed by atoms with Gasteiger partial charge in [-0.25, -0.2) is 0 Å². The maximum Gasteiger partial charge on any atom is 0.226 e. The van der Waals surface area contributed by atoms with E-state index in [1.54, 1.807) is 0 Å². The minimum Gasteiger partial charge on any atom is -0.316 e. The fourth-order valence-electron chi connectivity index (χ4n) is 3.09. The number of benzene rings is 2. The van der Waals surface area contributed by atoms with E-state index in [4.69, 9.17) is 0 Å². The van der Waals surface area contributed by atoms with Crippen LogP contribution in [0.3, 0.4) is 0 Å². The molecule has 0 atom stereocenters. The van der Waals surface area contributed by atoms with Crippen LogP contribution >= 0.6 is 0 Å². The number of amides is 1. The molecule has 2 heteroatoms. The molecular formula is C20H21NO. The number of likely N-dealkylation sites (tertiary alicyclic amines) is 1. The van der Waals surface area contributed by atoms with E-state index >= 15 is 0 Å². The first-order valence-corrected chi connectivity index (χ1v) is 7.89. The lowest BCUT2D eigenvalue weighted by Crippen LogP contribution is -2.34. The van der Waals surface area contributed by atoms with Crippen molar-refractivity contribution in [3.8, 4) is 0 Å². The fourth-order valence-corrected chi connectivity index (χ4v) is 3.09. The van der Waals surface area contributed by atoms with E-state index in [1.165, 1.54) is 0 Å². The molecule has 1 saturated heterocycles. The average molecular weight is 291 g/mol. The Morgan fingerprint density at radius 1 is 0.864 bits per heavy atom. The zero-order valence-electron chi connectivity index (χ0n) is 13.0. The van der Waals surface area contributed by atoms with Crippen LogP contribution in [0.2, 0.25) is 0 Å². The molecule has 0 aromatic heterocycles. The highest BCUT2D eigenvalue weighted by Gasteiger charge is 2.22. The third-order valence-corrected chi connectivity index (χ3v) is 4.22. The summed E-state index contributed by atoms with van der Waals surface area (Å²) in [4.78, 5) is 14.3. The van der Waals surface area contributed by atoms with Crippen molar-refractivity contribution in [1.29, 1.82) is 0 Å². The lowest BCUT2D eigenvalue weighted by molar-refractivity contribution is -0.131. The van der Waals surface area contributed by atoms with E-state index < -0.39 is 0 Å². The monoisotopic (exact) mass is 291 g/mol. The van der Waals surface area contributed by atoms with Gasteiger partial charge in [0.1, 0.15) is 0 Å². The Morgan fingerprint density at radius 2 is 1.41 bits per heavy atom. The van der Waals surface area contributed by atoms with Crippen LogP contribution in [-0.2, 0) is 4.79 Å². The zero-order valence-corrected chi connectivity index (χ0v) is 13.0. The minimum atomic E-state index is 0.244. The minimum absolute atomic E-state index is 0.244. The highest BCUT2D eigenvalue weighted by atomic mass is 16.2. The van der Waals surface area contributed by atoms with E-state index in [1.807, 2.05) is 41.3 Å². The van der Waals surface area contributed by atoms with Gasteiger partial charge in [-0.1, -0.05) is 60.7 Å². The van der Waals surface area contributed by atoms with Gasteiger partial charge >= 0.3 is 0 Å². The molecule has 2 aromatic rings. The van der Waals surface area contributed by atoms with Gasteiger partial charge in [-0.2, -0.15) is 0 Å². The van der Waals surface area contributed by atoms with E-state index in [2.05, 4.69) is 31.2 Å². The molecule has 1 aliphatic heterocycles. The number of carbonyl (C=O) groups excluding carboxylic acids is 1. The van der Waals surface area contributed by atoms with Crippen LogP contribution in [0.15, 0.2) is 66.4 Å². The summed E-state index contributed by atoms with van der Waals surface area (Å²) < 4.78 is 0. The van der Waals surface area contributed by atoms with Gasteiger partial charge in [-0.3, -0.25) is 4.79 Å². The standard InChI is InChI=1S/C20H21NO/c1-16(21-15-9-8-14-19(21)22)20(17-10-4-2-5-11-17)18-12-6-3-7-13-18/h2-7,10-13H,8-9,14-15H2,1H3. The summed E-state index contributed by atoms with van der Waals surface area (Å²) in [6.45, 7) is 2.90. The largest absolute Gasteiger partial charge is 0.316 e. The molecule has 0 aliphatic carbocycles. The number of nitrogens with zero attached hydrogens (tertiary/aromatic N) is 1. The summed E-state index contributed by atoms with van der Waals surface area (Å²) in [7, 11) is 0. The first kappa shape index (κ1) is 14.6. The maximum atomic E-state index is 12.3. The van der Waals surface area contributed by atoms with Crippen LogP contribution in [0, 0.1) is 0 Å². The first-order valence-electron chi connectivity index (χ1n) is 7.89. The van der Waals surface area contributed by atoms with Crippen molar-refractivity contribution in [2.45, 2.75) is 26.2 Å². The molecule has 0 spiro atoms. The first-order chi connectivity index (χ1) is 10.8. The molecule has 1 heterocycles. The summed E-state index contributed by atoms with van der Waals surface area (Å²) >= 11 is 0. The van der Waals surface area contributed by atoms with Crippen LogP contribution in [0.4, 0.5) is 0 Å². The third-order valence-electron chi connectivity index (χ3n) is 4.22. The Kier molecular flexibility index (Phi) is 4.38. The second-order valence-corrected chi connectivity index (χ2v) is 5.69. The van der Waals surface area contributed by atoms with E-state index in [-0.39, 0.29) is 5.91 Å². The van der Waals surface area contributed by atoms with Crippen LogP contribution in [0.25, 0.3) is 5.57 Å². The van der Waals surface area contributed by atoms with E-state index in [0.29, 0.717) is 6.42 Å². The number of hydrogen-bond acceptors (Lipinski definition) is 1. The molecule has 0 bridgehead atoms. The zero-order chi connectivity index (χ0) is 15.4. The molecule has 112 valence electrons. The van der Waals surface area contributed by atoms with Gasteiger partial charge in [0.05, 0.1) is 0 Å². The SMILES string of the molecule is CC(=C(c1ccccc1)c1ccccc1)N1CCCCC1=O. The molecule has 2 aromatic carbocycles. The van der Waals surface area contributed by atoms with E-state index in [0.717, 1.165) is 41.8 Å². The topological polar surface area (TPSA) is 20.3 Å². The average Bonchev–Trinajstić information content (AvgIpc) is 2.57. The van der Waals surface area contributed by atoms with E-state index in [9.17, 15) is 4.79 Å². The normalized spacial score (nSPS) is 14.8. The van der Waals surface area contributed by atoms with Crippen LogP contribution in [0.5, 0.6) is 0 Å². The van der Waals surface area contributed by atoms with Crippen molar-refractivity contribution in [3.63, 3.8) is 0 Å².